The largest absolute Gasteiger partial charge is 0.396 e. The van der Waals surface area contributed by atoms with E-state index in [0.29, 0.717) is 30.3 Å². The van der Waals surface area contributed by atoms with Gasteiger partial charge in [0.05, 0.1) is 5.60 Å². The summed E-state index contributed by atoms with van der Waals surface area (Å²) in [5, 5.41) is 22.3. The van der Waals surface area contributed by atoms with E-state index >= 15 is 0 Å². The lowest BCUT2D eigenvalue weighted by atomic mass is 9.71. The molecular formula is C20H26O2. The summed E-state index contributed by atoms with van der Waals surface area (Å²) in [6.45, 7) is 0.471. The number of aliphatic hydroxyl groups excluding tert-OH is 1. The first-order valence-corrected chi connectivity index (χ1v) is 10.1. The first kappa shape index (κ1) is 11.5. The van der Waals surface area contributed by atoms with Crippen LogP contribution in [0, 0.1) is 82.9 Å². The number of aliphatic hydroxyl groups is 2. The first-order valence-electron chi connectivity index (χ1n) is 10.1. The van der Waals surface area contributed by atoms with Gasteiger partial charge in [-0.3, -0.25) is 0 Å². The van der Waals surface area contributed by atoms with Crippen LogP contribution in [0.1, 0.15) is 25.7 Å². The summed E-state index contributed by atoms with van der Waals surface area (Å²) in [5.74, 6) is 11.5. The van der Waals surface area contributed by atoms with Crippen molar-refractivity contribution in [2.75, 3.05) is 6.61 Å². The average Bonchev–Trinajstić information content (AvgIpc) is 3.25. The maximum absolute atomic E-state index is 12.0. The van der Waals surface area contributed by atoms with Crippen LogP contribution in [-0.2, 0) is 0 Å². The number of fused-ring (bicyclic) bond motifs is 4. The van der Waals surface area contributed by atoms with Gasteiger partial charge in [-0.2, -0.15) is 0 Å². The Hall–Kier alpha value is -0.0800. The molecule has 3 unspecified atom stereocenters. The molecule has 2 heteroatoms. The van der Waals surface area contributed by atoms with E-state index in [1.165, 1.54) is 25.7 Å². The molecule has 8 aliphatic carbocycles. The van der Waals surface area contributed by atoms with Crippen LogP contribution in [0.5, 0.6) is 0 Å². The molecular weight excluding hydrogens is 272 g/mol. The molecule has 2 nitrogen and oxygen atoms in total. The molecule has 0 radical (unpaired) electrons. The molecule has 8 saturated carbocycles. The smallest absolute Gasteiger partial charge is 0.0743 e. The minimum Gasteiger partial charge on any atom is -0.396 e. The molecule has 8 fully saturated rings. The van der Waals surface area contributed by atoms with E-state index in [4.69, 9.17) is 0 Å². The van der Waals surface area contributed by atoms with Crippen LogP contribution < -0.4 is 0 Å². The van der Waals surface area contributed by atoms with Gasteiger partial charge in [-0.15, -0.1) is 0 Å². The van der Waals surface area contributed by atoms with Crippen molar-refractivity contribution in [3.05, 3.63) is 0 Å². The molecule has 0 aromatic carbocycles. The van der Waals surface area contributed by atoms with Gasteiger partial charge in [-0.25, -0.2) is 0 Å². The molecule has 0 aromatic rings. The van der Waals surface area contributed by atoms with Gasteiger partial charge in [-0.05, 0) is 109 Å². The highest BCUT2D eigenvalue weighted by Crippen LogP contribution is 2.89. The number of rotatable bonds is 1. The van der Waals surface area contributed by atoms with E-state index in [1.54, 1.807) is 0 Å². The minimum atomic E-state index is -0.233. The van der Waals surface area contributed by atoms with Gasteiger partial charge in [0, 0.05) is 6.61 Å². The van der Waals surface area contributed by atoms with E-state index in [9.17, 15) is 10.2 Å². The van der Waals surface area contributed by atoms with Crippen LogP contribution >= 0.6 is 0 Å². The summed E-state index contributed by atoms with van der Waals surface area (Å²) < 4.78 is 0. The second-order valence-electron chi connectivity index (χ2n) is 10.6. The molecule has 15 atom stereocenters. The van der Waals surface area contributed by atoms with Crippen LogP contribution in [-0.4, -0.2) is 22.4 Å². The predicted molar refractivity (Wildman–Crippen MR) is 79.4 cm³/mol. The number of hydrogen-bond acceptors (Lipinski definition) is 2. The highest BCUT2D eigenvalue weighted by Gasteiger charge is 2.88. The lowest BCUT2D eigenvalue weighted by Crippen LogP contribution is -2.44. The van der Waals surface area contributed by atoms with Gasteiger partial charge in [0.15, 0.2) is 0 Å². The Morgan fingerprint density at radius 2 is 1.23 bits per heavy atom. The minimum absolute atomic E-state index is 0.233. The van der Waals surface area contributed by atoms with Crippen molar-refractivity contribution >= 4 is 0 Å². The lowest BCUT2D eigenvalue weighted by Gasteiger charge is -2.38. The Morgan fingerprint density at radius 1 is 0.682 bits per heavy atom. The summed E-state index contributed by atoms with van der Waals surface area (Å²) in [6.07, 6.45) is 5.39. The molecule has 0 spiro atoms. The third-order valence-corrected chi connectivity index (χ3v) is 11.4. The van der Waals surface area contributed by atoms with Crippen LogP contribution in [0.25, 0.3) is 0 Å². The Bertz CT molecular complexity index is 569. The fraction of sp³-hybridized carbons (Fsp3) is 1.00. The Balaban J connectivity index is 1.48. The van der Waals surface area contributed by atoms with Gasteiger partial charge in [-0.1, -0.05) is 0 Å². The van der Waals surface area contributed by atoms with Crippen LogP contribution in [0.3, 0.4) is 0 Å². The standard InChI is InChI=1S/C20H26O2/c21-5-8-11-6-1-3-9-13(6)17-15(11)16-12(8)7-2-4-10-14(7)18(16)19(17)20(9,10)22/h6-19,21-22H,1-5H2/t6-,7-,8?,9-,10+,11-,12-,13+,14+,15-,16-,17+,18-,19?,20?/m0/s1. The molecule has 0 aliphatic heterocycles. The maximum atomic E-state index is 12.0. The third-order valence-electron chi connectivity index (χ3n) is 11.4. The Kier molecular flexibility index (Phi) is 1.55. The topological polar surface area (TPSA) is 40.5 Å². The van der Waals surface area contributed by atoms with Crippen molar-refractivity contribution in [1.29, 1.82) is 0 Å². The normalized spacial score (nSPS) is 82.6. The highest BCUT2D eigenvalue weighted by atomic mass is 16.3. The average molecular weight is 298 g/mol. The first-order chi connectivity index (χ1) is 10.8. The summed E-state index contributed by atoms with van der Waals surface area (Å²) in [5.41, 5.74) is -0.233. The molecule has 0 heterocycles. The third kappa shape index (κ3) is 0.744. The zero-order valence-electron chi connectivity index (χ0n) is 13.0. The highest BCUT2D eigenvalue weighted by molar-refractivity contribution is 5.36. The molecule has 22 heavy (non-hydrogen) atoms. The second kappa shape index (κ2) is 2.96. The van der Waals surface area contributed by atoms with Crippen molar-refractivity contribution in [2.45, 2.75) is 31.3 Å². The molecule has 8 rings (SSSR count). The molecule has 118 valence electrons. The Labute approximate surface area is 131 Å². The molecule has 8 aliphatic rings. The molecule has 0 bridgehead atoms. The van der Waals surface area contributed by atoms with Gasteiger partial charge in [0.2, 0.25) is 0 Å². The SMILES string of the molecule is OCC1[C@@H]2[C@@H]3CC[C@@H]4[C@@H]3[C@@H]3C5[C@H]6[C@@H]([C@H]1[C@@H]1CC[C@@H]([C@@H]16)C54O)[C@H]23. The molecule has 0 saturated heterocycles. The van der Waals surface area contributed by atoms with Crippen molar-refractivity contribution < 1.29 is 10.2 Å². The zero-order chi connectivity index (χ0) is 14.1. The monoisotopic (exact) mass is 298 g/mol. The van der Waals surface area contributed by atoms with Crippen LogP contribution in [0.15, 0.2) is 0 Å². The molecule has 2 N–H and O–H groups in total. The zero-order valence-corrected chi connectivity index (χ0v) is 13.0. The number of hydrogen-bond donors (Lipinski definition) is 2. The van der Waals surface area contributed by atoms with Gasteiger partial charge < -0.3 is 10.2 Å². The molecule has 0 aromatic heterocycles. The fourth-order valence-corrected chi connectivity index (χ4v) is 12.1. The van der Waals surface area contributed by atoms with Crippen molar-refractivity contribution in [3.63, 3.8) is 0 Å². The quantitative estimate of drug-likeness (QED) is 0.777. The van der Waals surface area contributed by atoms with Crippen LogP contribution in [0.4, 0.5) is 0 Å². The summed E-state index contributed by atoms with van der Waals surface area (Å²) in [7, 11) is 0. The van der Waals surface area contributed by atoms with Crippen LogP contribution in [0.2, 0.25) is 0 Å². The fourth-order valence-electron chi connectivity index (χ4n) is 12.1. The molecule has 0 amide bonds. The maximum Gasteiger partial charge on any atom is 0.0743 e. The van der Waals surface area contributed by atoms with Crippen molar-refractivity contribution in [1.82, 2.24) is 0 Å². The van der Waals surface area contributed by atoms with E-state index in [1.807, 2.05) is 0 Å². The van der Waals surface area contributed by atoms with Gasteiger partial charge >= 0.3 is 0 Å². The summed E-state index contributed by atoms with van der Waals surface area (Å²) >= 11 is 0. The van der Waals surface area contributed by atoms with E-state index in [-0.39, 0.29) is 5.60 Å². The van der Waals surface area contributed by atoms with Crippen molar-refractivity contribution in [2.24, 2.45) is 82.9 Å². The van der Waals surface area contributed by atoms with E-state index in [2.05, 4.69) is 0 Å². The van der Waals surface area contributed by atoms with Gasteiger partial charge in [0.25, 0.3) is 0 Å². The summed E-state index contributed by atoms with van der Waals surface area (Å²) in [6, 6.07) is 0. The Morgan fingerprint density at radius 3 is 1.73 bits per heavy atom. The predicted octanol–water partition coefficient (Wildman–Crippen LogP) is 2.01. The lowest BCUT2D eigenvalue weighted by molar-refractivity contribution is -0.0732. The second-order valence-corrected chi connectivity index (χ2v) is 10.6. The van der Waals surface area contributed by atoms with E-state index in [0.717, 1.165) is 59.2 Å². The van der Waals surface area contributed by atoms with E-state index < -0.39 is 0 Å². The summed E-state index contributed by atoms with van der Waals surface area (Å²) in [4.78, 5) is 0. The van der Waals surface area contributed by atoms with Crippen molar-refractivity contribution in [3.8, 4) is 0 Å². The van der Waals surface area contributed by atoms with Gasteiger partial charge in [0.1, 0.15) is 0 Å².